The van der Waals surface area contributed by atoms with E-state index >= 15 is 0 Å². The molecule has 0 radical (unpaired) electrons. The van der Waals surface area contributed by atoms with Crippen molar-refractivity contribution < 1.29 is 62.8 Å². The topological polar surface area (TPSA) is 138 Å². The molecule has 10 heteroatoms. The van der Waals surface area contributed by atoms with Gasteiger partial charge in [0, 0.05) is 13.5 Å². The van der Waals surface area contributed by atoms with Crippen LogP contribution in [-0.2, 0) is 47.1 Å². The molecule has 200 valence electrons. The van der Waals surface area contributed by atoms with E-state index in [9.17, 15) is 9.90 Å². The quantitative estimate of drug-likeness (QED) is 0.343. The molecular formula is C28H33LiO9. The van der Waals surface area contributed by atoms with Crippen LogP contribution in [0.2, 0.25) is 0 Å². The number of carbonyl (C=O) groups is 1. The first-order valence-electron chi connectivity index (χ1n) is 12.3. The van der Waals surface area contributed by atoms with Gasteiger partial charge in [0.15, 0.2) is 5.79 Å². The average molecular weight is 521 g/mol. The van der Waals surface area contributed by atoms with E-state index in [-0.39, 0.29) is 30.5 Å². The Balaban J connectivity index is 0.000000238. The third-order valence-corrected chi connectivity index (χ3v) is 7.55. The Hall–Kier alpha value is -2.63. The first-order chi connectivity index (χ1) is 17.3. The second kappa shape index (κ2) is 12.9. The van der Waals surface area contributed by atoms with Gasteiger partial charge in [-0.25, -0.2) is 0 Å². The van der Waals surface area contributed by atoms with Crippen LogP contribution in [0.5, 0.6) is 11.5 Å². The molecule has 0 amide bonds. The predicted octanol–water partition coefficient (Wildman–Crippen LogP) is 0.730. The van der Waals surface area contributed by atoms with Crippen molar-refractivity contribution in [2.75, 3.05) is 20.3 Å². The number of methoxy groups -OCH3 is 1. The summed E-state index contributed by atoms with van der Waals surface area (Å²) in [5, 5.41) is 10.5. The number of benzene rings is 2. The van der Waals surface area contributed by atoms with Crippen molar-refractivity contribution in [3.8, 4) is 11.5 Å². The van der Waals surface area contributed by atoms with Crippen LogP contribution < -0.4 is 28.3 Å². The molecule has 2 heterocycles. The van der Waals surface area contributed by atoms with Gasteiger partial charge in [0.1, 0.15) is 17.1 Å². The zero-order chi connectivity index (χ0) is 25.8. The Labute approximate surface area is 234 Å². The molecule has 0 saturated heterocycles. The first-order valence-corrected chi connectivity index (χ1v) is 12.3. The molecule has 2 aliphatic heterocycles. The molecule has 2 aliphatic carbocycles. The molecule has 9 nitrogen and oxygen atoms in total. The van der Waals surface area contributed by atoms with Gasteiger partial charge >= 0.3 is 25.0 Å². The first kappa shape index (κ1) is 31.6. The van der Waals surface area contributed by atoms with Gasteiger partial charge in [-0.15, -0.1) is 0 Å². The summed E-state index contributed by atoms with van der Waals surface area (Å²) < 4.78 is 21.5. The van der Waals surface area contributed by atoms with Gasteiger partial charge in [0.2, 0.25) is 0 Å². The van der Waals surface area contributed by atoms with Crippen molar-refractivity contribution in [3.63, 3.8) is 0 Å². The van der Waals surface area contributed by atoms with E-state index in [0.29, 0.717) is 36.2 Å². The van der Waals surface area contributed by atoms with E-state index in [1.807, 2.05) is 12.1 Å². The summed E-state index contributed by atoms with van der Waals surface area (Å²) in [5.41, 5.74) is 4.37. The van der Waals surface area contributed by atoms with E-state index in [4.69, 9.17) is 28.5 Å². The second-order valence-electron chi connectivity index (χ2n) is 9.92. The van der Waals surface area contributed by atoms with Crippen LogP contribution in [0.3, 0.4) is 0 Å². The maximum absolute atomic E-state index is 10.6. The van der Waals surface area contributed by atoms with Gasteiger partial charge < -0.3 is 29.5 Å². The normalized spacial score (nSPS) is 22.0. The number of carbonyl (C=O) groups excluding carboxylic acids is 3. The minimum absolute atomic E-state index is 0. The Morgan fingerprint density at radius 3 is 2.18 bits per heavy atom. The van der Waals surface area contributed by atoms with E-state index in [1.165, 1.54) is 43.9 Å². The molecule has 6 rings (SSSR count). The summed E-state index contributed by atoms with van der Waals surface area (Å²) in [6.45, 7) is 4.14. The van der Waals surface area contributed by atoms with Crippen LogP contribution >= 0.6 is 0 Å². The van der Waals surface area contributed by atoms with Gasteiger partial charge in [-0.2, -0.15) is 9.59 Å². The van der Waals surface area contributed by atoms with Crippen LogP contribution in [-0.4, -0.2) is 43.5 Å². The Kier molecular flexibility index (Phi) is 10.8. The minimum atomic E-state index is -1.33. The molecule has 2 fully saturated rings. The minimum Gasteiger partial charge on any atom is -0.870 e. The Morgan fingerprint density at radius 2 is 1.58 bits per heavy atom. The molecule has 2 saturated carbocycles. The summed E-state index contributed by atoms with van der Waals surface area (Å²) in [4.78, 5) is 26.8. The van der Waals surface area contributed by atoms with Crippen molar-refractivity contribution in [3.05, 3.63) is 58.7 Å². The van der Waals surface area contributed by atoms with Gasteiger partial charge in [0.05, 0.1) is 18.8 Å². The van der Waals surface area contributed by atoms with E-state index < -0.39 is 11.4 Å². The van der Waals surface area contributed by atoms with Gasteiger partial charge in [-0.05, 0) is 78.8 Å². The van der Waals surface area contributed by atoms with Crippen molar-refractivity contribution in [1.82, 2.24) is 0 Å². The maximum Gasteiger partial charge on any atom is 1.00 e. The number of hydrogen-bond donors (Lipinski definition) is 1. The van der Waals surface area contributed by atoms with Crippen molar-refractivity contribution in [1.29, 1.82) is 0 Å². The largest absolute Gasteiger partial charge is 1.00 e. The number of hydrogen-bond acceptors (Lipinski definition) is 9. The smallest absolute Gasteiger partial charge is 0.870 e. The standard InChI is InChI=1S/C14H16O5.C13H16O.CO2.Li.H2O/c1-17-14(16)6-7-18-12-3-2-10(8-11(12)14)13(4-5-13)19-9-15;1-13(6-7-13)11-4-5-12-10(9-11)3-2-8-14-12;2-1-3;;/h2-3,8-9,16H,4-7H2,1H3;4-5,9H,2-3,6-8H2,1H3;;;1H2/q;;;+1;/p-1. The van der Waals surface area contributed by atoms with Crippen molar-refractivity contribution in [2.24, 2.45) is 0 Å². The van der Waals surface area contributed by atoms with Crippen molar-refractivity contribution in [2.45, 2.75) is 68.7 Å². The summed E-state index contributed by atoms with van der Waals surface area (Å²) in [6.07, 6.45) is 7.31. The second-order valence-corrected chi connectivity index (χ2v) is 9.92. The van der Waals surface area contributed by atoms with Crippen LogP contribution in [0.4, 0.5) is 0 Å². The maximum atomic E-state index is 10.6. The Bertz CT molecular complexity index is 1140. The van der Waals surface area contributed by atoms with Gasteiger partial charge in [0.25, 0.3) is 6.47 Å². The zero-order valence-electron chi connectivity index (χ0n) is 22.2. The molecule has 0 aromatic heterocycles. The number of ether oxygens (including phenoxy) is 4. The van der Waals surface area contributed by atoms with Crippen LogP contribution in [0.1, 0.15) is 67.7 Å². The molecule has 38 heavy (non-hydrogen) atoms. The van der Waals surface area contributed by atoms with Crippen LogP contribution in [0, 0.1) is 0 Å². The fourth-order valence-electron chi connectivity index (χ4n) is 4.78. The molecule has 0 bridgehead atoms. The third kappa shape index (κ3) is 6.68. The zero-order valence-corrected chi connectivity index (χ0v) is 22.2. The Morgan fingerprint density at radius 1 is 0.947 bits per heavy atom. The third-order valence-electron chi connectivity index (χ3n) is 7.55. The summed E-state index contributed by atoms with van der Waals surface area (Å²) in [7, 11) is 1.47. The fourth-order valence-corrected chi connectivity index (χ4v) is 4.78. The molecule has 2 aromatic rings. The molecule has 0 spiro atoms. The number of aliphatic hydroxyl groups is 1. The summed E-state index contributed by atoms with van der Waals surface area (Å²) in [6, 6.07) is 12.2. The van der Waals surface area contributed by atoms with Crippen LogP contribution in [0.25, 0.3) is 0 Å². The van der Waals surface area contributed by atoms with E-state index in [0.717, 1.165) is 30.8 Å². The summed E-state index contributed by atoms with van der Waals surface area (Å²) >= 11 is 0. The van der Waals surface area contributed by atoms with E-state index in [2.05, 4.69) is 25.1 Å². The monoisotopic (exact) mass is 520 g/mol. The molecule has 4 aliphatic rings. The number of rotatable bonds is 5. The number of fused-ring (bicyclic) bond motifs is 2. The van der Waals surface area contributed by atoms with E-state index in [1.54, 1.807) is 6.07 Å². The fraction of sp³-hybridized carbons (Fsp3) is 0.500. The predicted molar refractivity (Wildman–Crippen MR) is 129 cm³/mol. The molecule has 2 aromatic carbocycles. The van der Waals surface area contributed by atoms with Gasteiger partial charge in [-0.1, -0.05) is 25.1 Å². The molecule has 1 unspecified atom stereocenters. The molecule has 2 N–H and O–H groups in total. The SMILES string of the molecule is CC1(c2ccc3c(c2)CCCO3)CC1.COC1(O)CCOc2ccc(C3(OC=O)CC3)cc21.O=C=O.[Li+].[OH-]. The van der Waals surface area contributed by atoms with Crippen molar-refractivity contribution >= 4 is 12.6 Å². The average Bonchev–Trinajstić information content (AvgIpc) is 3.83. The molecule has 1 atom stereocenters. The number of aryl methyl sites for hydroxylation is 1. The summed E-state index contributed by atoms with van der Waals surface area (Å²) in [5.74, 6) is 0.395. The van der Waals surface area contributed by atoms with Gasteiger partial charge in [-0.3, -0.25) is 4.79 Å². The van der Waals surface area contributed by atoms with Crippen LogP contribution in [0.15, 0.2) is 36.4 Å². The molecular weight excluding hydrogens is 487 g/mol.